The lowest BCUT2D eigenvalue weighted by Gasteiger charge is -2.02. The number of hydrogen-bond donors (Lipinski definition) is 1. The van der Waals surface area contributed by atoms with Crippen molar-refractivity contribution in [3.05, 3.63) is 51.9 Å². The molecule has 1 heterocycles. The maximum atomic E-state index is 11.7. The number of carbonyl (C=O) groups excluding carboxylic acids is 1. The first-order valence-corrected chi connectivity index (χ1v) is 6.54. The van der Waals surface area contributed by atoms with Gasteiger partial charge in [0.25, 0.3) is 0 Å². The third-order valence-electron chi connectivity index (χ3n) is 2.78. The van der Waals surface area contributed by atoms with Crippen LogP contribution in [0.2, 0.25) is 5.02 Å². The van der Waals surface area contributed by atoms with Crippen LogP contribution in [-0.2, 0) is 9.53 Å². The molecule has 0 saturated heterocycles. The molecule has 2 rings (SSSR count). The van der Waals surface area contributed by atoms with Gasteiger partial charge in [-0.1, -0.05) is 23.7 Å². The number of aliphatic imine (C=N–C) groups is 1. The number of esters is 1. The molecule has 1 aromatic rings. The molecule has 104 valence electrons. The molecule has 4 nitrogen and oxygen atoms in total. The van der Waals surface area contributed by atoms with E-state index >= 15 is 0 Å². The largest absolute Gasteiger partial charge is 0.505 e. The van der Waals surface area contributed by atoms with Crippen LogP contribution >= 0.6 is 11.6 Å². The minimum atomic E-state index is -0.564. The highest BCUT2D eigenvalue weighted by molar-refractivity contribution is 6.30. The molecular weight excluding hydrogens is 278 g/mol. The Morgan fingerprint density at radius 3 is 2.65 bits per heavy atom. The van der Waals surface area contributed by atoms with Crippen molar-refractivity contribution in [2.24, 2.45) is 4.99 Å². The van der Waals surface area contributed by atoms with E-state index in [0.717, 1.165) is 5.56 Å². The molecule has 0 saturated carbocycles. The minimum absolute atomic E-state index is 0.118. The average molecular weight is 292 g/mol. The van der Waals surface area contributed by atoms with Crippen molar-refractivity contribution < 1.29 is 14.6 Å². The summed E-state index contributed by atoms with van der Waals surface area (Å²) in [4.78, 5) is 15.9. The summed E-state index contributed by atoms with van der Waals surface area (Å²) >= 11 is 5.81. The summed E-state index contributed by atoms with van der Waals surface area (Å²) in [7, 11) is 0. The van der Waals surface area contributed by atoms with Crippen LogP contribution in [0.4, 0.5) is 0 Å². The maximum absolute atomic E-state index is 11.7. The first kappa shape index (κ1) is 14.3. The number of ether oxygens (including phenoxy) is 1. The van der Waals surface area contributed by atoms with Crippen LogP contribution in [0.15, 0.2) is 46.3 Å². The molecule has 1 aromatic carbocycles. The van der Waals surface area contributed by atoms with Gasteiger partial charge >= 0.3 is 5.97 Å². The van der Waals surface area contributed by atoms with Gasteiger partial charge in [-0.05, 0) is 37.6 Å². The van der Waals surface area contributed by atoms with Crippen molar-refractivity contribution in [3.63, 3.8) is 0 Å². The normalized spacial score (nSPS) is 16.6. The third kappa shape index (κ3) is 2.91. The molecule has 0 bridgehead atoms. The van der Waals surface area contributed by atoms with E-state index in [2.05, 4.69) is 4.99 Å². The molecule has 0 fully saturated rings. The molecule has 0 spiro atoms. The number of carbonyl (C=O) groups is 1. The zero-order chi connectivity index (χ0) is 14.7. The molecule has 1 N–H and O–H groups in total. The number of aliphatic hydroxyl groups excluding tert-OH is 1. The van der Waals surface area contributed by atoms with Crippen LogP contribution in [0.1, 0.15) is 19.4 Å². The zero-order valence-electron chi connectivity index (χ0n) is 11.2. The van der Waals surface area contributed by atoms with Gasteiger partial charge in [0.1, 0.15) is 11.3 Å². The van der Waals surface area contributed by atoms with E-state index in [1.165, 1.54) is 0 Å². The van der Waals surface area contributed by atoms with Gasteiger partial charge < -0.3 is 9.84 Å². The van der Waals surface area contributed by atoms with Gasteiger partial charge in [0.05, 0.1) is 12.3 Å². The Morgan fingerprint density at radius 1 is 1.40 bits per heavy atom. The number of aliphatic hydroxyl groups is 1. The quantitative estimate of drug-likeness (QED) is 0.867. The summed E-state index contributed by atoms with van der Waals surface area (Å²) in [6.07, 6.45) is 1.68. The maximum Gasteiger partial charge on any atom is 0.343 e. The van der Waals surface area contributed by atoms with E-state index < -0.39 is 5.97 Å². The summed E-state index contributed by atoms with van der Waals surface area (Å²) < 4.78 is 4.90. The molecule has 5 heteroatoms. The van der Waals surface area contributed by atoms with E-state index in [1.807, 2.05) is 0 Å². The van der Waals surface area contributed by atoms with E-state index in [0.29, 0.717) is 16.4 Å². The van der Waals surface area contributed by atoms with Gasteiger partial charge in [-0.25, -0.2) is 9.79 Å². The third-order valence-corrected chi connectivity index (χ3v) is 3.03. The first-order chi connectivity index (χ1) is 9.52. The zero-order valence-corrected chi connectivity index (χ0v) is 11.9. The Bertz CT molecular complexity index is 627. The Kier molecular flexibility index (Phi) is 4.25. The summed E-state index contributed by atoms with van der Waals surface area (Å²) in [6, 6.07) is 7.09. The van der Waals surface area contributed by atoms with Gasteiger partial charge in [-0.15, -0.1) is 0 Å². The molecule has 0 amide bonds. The topological polar surface area (TPSA) is 58.9 Å². The van der Waals surface area contributed by atoms with E-state index in [1.54, 1.807) is 44.2 Å². The summed E-state index contributed by atoms with van der Waals surface area (Å²) in [5.74, 6) is -0.721. The molecule has 1 aliphatic rings. The Labute approximate surface area is 122 Å². The van der Waals surface area contributed by atoms with Crippen molar-refractivity contribution in [2.75, 3.05) is 6.61 Å². The molecular formula is C15H14ClNO3. The Morgan fingerprint density at radius 2 is 2.05 bits per heavy atom. The predicted molar refractivity (Wildman–Crippen MR) is 78.8 cm³/mol. The second-order valence-electron chi connectivity index (χ2n) is 4.22. The number of rotatable bonds is 3. The lowest BCUT2D eigenvalue weighted by Crippen LogP contribution is -2.13. The fourth-order valence-corrected chi connectivity index (χ4v) is 1.98. The molecule has 1 aliphatic heterocycles. The lowest BCUT2D eigenvalue weighted by molar-refractivity contribution is -0.138. The Balaban J connectivity index is 2.35. The van der Waals surface area contributed by atoms with Gasteiger partial charge in [0, 0.05) is 5.02 Å². The standard InChI is InChI=1S/C15H14ClNO3/c1-3-20-15(19)13-9(2)17-12(14(13)18)8-10-4-6-11(16)7-5-10/h4-8,18H,3H2,1-2H3. The van der Waals surface area contributed by atoms with E-state index in [-0.39, 0.29) is 17.9 Å². The van der Waals surface area contributed by atoms with Crippen LogP contribution in [0.25, 0.3) is 6.08 Å². The Hall–Kier alpha value is -2.07. The number of halogens is 1. The van der Waals surface area contributed by atoms with Crippen LogP contribution in [0.3, 0.4) is 0 Å². The predicted octanol–water partition coefficient (Wildman–Crippen LogP) is 3.53. The fourth-order valence-electron chi connectivity index (χ4n) is 1.85. The molecule has 0 aromatic heterocycles. The highest BCUT2D eigenvalue weighted by Gasteiger charge is 2.27. The SMILES string of the molecule is CCOC(=O)C1=C(O)C(=Cc2ccc(Cl)cc2)N=C1C. The minimum Gasteiger partial charge on any atom is -0.505 e. The van der Waals surface area contributed by atoms with Crippen molar-refractivity contribution in [2.45, 2.75) is 13.8 Å². The average Bonchev–Trinajstić information content (AvgIpc) is 2.67. The van der Waals surface area contributed by atoms with Gasteiger partial charge in [0.2, 0.25) is 0 Å². The fraction of sp³-hybridized carbons (Fsp3) is 0.200. The van der Waals surface area contributed by atoms with Crippen molar-refractivity contribution in [1.82, 2.24) is 0 Å². The highest BCUT2D eigenvalue weighted by atomic mass is 35.5. The smallest absolute Gasteiger partial charge is 0.343 e. The van der Waals surface area contributed by atoms with Crippen LogP contribution in [0.5, 0.6) is 0 Å². The van der Waals surface area contributed by atoms with Crippen LogP contribution in [-0.4, -0.2) is 23.4 Å². The second kappa shape index (κ2) is 5.92. The molecule has 20 heavy (non-hydrogen) atoms. The van der Waals surface area contributed by atoms with Gasteiger partial charge in [-0.2, -0.15) is 0 Å². The number of hydrogen-bond acceptors (Lipinski definition) is 4. The van der Waals surface area contributed by atoms with Crippen LogP contribution in [0, 0.1) is 0 Å². The van der Waals surface area contributed by atoms with E-state index in [4.69, 9.17) is 16.3 Å². The van der Waals surface area contributed by atoms with Crippen LogP contribution < -0.4 is 0 Å². The summed E-state index contributed by atoms with van der Waals surface area (Å²) in [5, 5.41) is 10.7. The lowest BCUT2D eigenvalue weighted by atomic mass is 10.1. The first-order valence-electron chi connectivity index (χ1n) is 6.16. The number of benzene rings is 1. The second-order valence-corrected chi connectivity index (χ2v) is 4.66. The molecule has 0 radical (unpaired) electrons. The highest BCUT2D eigenvalue weighted by Crippen LogP contribution is 2.26. The van der Waals surface area contributed by atoms with Gasteiger partial charge in [-0.3, -0.25) is 0 Å². The molecule has 0 unspecified atom stereocenters. The number of nitrogens with zero attached hydrogens (tertiary/aromatic N) is 1. The van der Waals surface area contributed by atoms with Gasteiger partial charge in [0.15, 0.2) is 5.76 Å². The summed E-state index contributed by atoms with van der Waals surface area (Å²) in [6.45, 7) is 3.62. The molecule has 0 aliphatic carbocycles. The van der Waals surface area contributed by atoms with E-state index in [9.17, 15) is 9.90 Å². The van der Waals surface area contributed by atoms with Crippen molar-refractivity contribution in [3.8, 4) is 0 Å². The monoisotopic (exact) mass is 291 g/mol. The summed E-state index contributed by atoms with van der Waals surface area (Å²) in [5.41, 5.74) is 1.73. The van der Waals surface area contributed by atoms with Crippen molar-refractivity contribution >= 4 is 29.4 Å². The molecule has 0 atom stereocenters. The van der Waals surface area contributed by atoms with Crippen molar-refractivity contribution in [1.29, 1.82) is 0 Å².